The maximum atomic E-state index is 13.9. The summed E-state index contributed by atoms with van der Waals surface area (Å²) >= 11 is 0. The van der Waals surface area contributed by atoms with Crippen molar-refractivity contribution < 1.29 is 22.5 Å². The molecule has 0 unspecified atom stereocenters. The zero-order valence-electron chi connectivity index (χ0n) is 17.6. The van der Waals surface area contributed by atoms with Gasteiger partial charge < -0.3 is 9.42 Å². The Hall–Kier alpha value is -3.24. The van der Waals surface area contributed by atoms with Crippen LogP contribution in [0.4, 0.5) is 13.2 Å². The maximum Gasteiger partial charge on any atom is 0.417 e. The van der Waals surface area contributed by atoms with Crippen molar-refractivity contribution in [1.29, 1.82) is 0 Å². The smallest absolute Gasteiger partial charge is 0.340 e. The van der Waals surface area contributed by atoms with Gasteiger partial charge in [0, 0.05) is 37.1 Å². The topological polar surface area (TPSA) is 94.1 Å². The van der Waals surface area contributed by atoms with Gasteiger partial charge in [-0.2, -0.15) is 13.2 Å². The van der Waals surface area contributed by atoms with Crippen LogP contribution in [0.2, 0.25) is 0 Å². The van der Waals surface area contributed by atoms with E-state index in [0.717, 1.165) is 6.07 Å². The van der Waals surface area contributed by atoms with Crippen LogP contribution in [0, 0.1) is 0 Å². The highest BCUT2D eigenvalue weighted by atomic mass is 19.4. The van der Waals surface area contributed by atoms with Crippen LogP contribution in [-0.4, -0.2) is 43.6 Å². The molecule has 0 saturated carbocycles. The summed E-state index contributed by atoms with van der Waals surface area (Å²) in [6, 6.07) is 2.60. The second-order valence-electron chi connectivity index (χ2n) is 8.20. The lowest BCUT2D eigenvalue weighted by molar-refractivity contribution is -0.136. The van der Waals surface area contributed by atoms with Gasteiger partial charge in [-0.3, -0.25) is 9.36 Å². The molecule has 32 heavy (non-hydrogen) atoms. The lowest BCUT2D eigenvalue weighted by atomic mass is 9.91. The van der Waals surface area contributed by atoms with Gasteiger partial charge in [0.25, 0.3) is 5.71 Å². The molecule has 1 fully saturated rings. The maximum absolute atomic E-state index is 13.9. The Balaban J connectivity index is 1.65. The molecule has 0 N–H and O–H groups in total. The lowest BCUT2D eigenvalue weighted by Gasteiger charge is -2.32. The number of amides is 1. The number of alkyl halides is 3. The first kappa shape index (κ1) is 22.0. The van der Waals surface area contributed by atoms with E-state index < -0.39 is 23.3 Å². The molecule has 11 heteroatoms. The third kappa shape index (κ3) is 4.23. The van der Waals surface area contributed by atoms with Gasteiger partial charge in [-0.05, 0) is 30.9 Å². The fraction of sp³-hybridized carbons (Fsp3) is 0.476. The van der Waals surface area contributed by atoms with E-state index in [4.69, 9.17) is 4.52 Å². The van der Waals surface area contributed by atoms with E-state index in [1.54, 1.807) is 19.9 Å². The molecular formula is C21H22F3N5O3. The van der Waals surface area contributed by atoms with Crippen LogP contribution in [0.15, 0.2) is 33.8 Å². The number of halogens is 3. The van der Waals surface area contributed by atoms with E-state index in [2.05, 4.69) is 15.1 Å². The number of likely N-dealkylation sites (tertiary alicyclic amines) is 1. The highest BCUT2D eigenvalue weighted by molar-refractivity contribution is 5.82. The monoisotopic (exact) mass is 449 g/mol. The molecular weight excluding hydrogens is 427 g/mol. The molecule has 1 atom stereocenters. The highest BCUT2D eigenvalue weighted by Crippen LogP contribution is 2.40. The summed E-state index contributed by atoms with van der Waals surface area (Å²) in [7, 11) is 0. The minimum atomic E-state index is -4.60. The summed E-state index contributed by atoms with van der Waals surface area (Å²) < 4.78 is 48.0. The number of nitrogens with zero attached hydrogens (tertiary/aromatic N) is 5. The molecule has 0 bridgehead atoms. The van der Waals surface area contributed by atoms with Crippen molar-refractivity contribution in [2.75, 3.05) is 13.1 Å². The standard InChI is InChI=1S/C21H22F3N5O3/c1-12(2)15-9-14(21(22,23)24)17-18(27-32-19(17)26-15)13-5-3-7-28(10-13)16(30)11-29-8-4-6-25-20(29)31/h4,6,8-9,12-13H,3,5,7,10-11H2,1-2H3/t13-/m0/s1. The van der Waals surface area contributed by atoms with Gasteiger partial charge in [0.15, 0.2) is 0 Å². The summed E-state index contributed by atoms with van der Waals surface area (Å²) in [5.41, 5.74) is -1.09. The lowest BCUT2D eigenvalue weighted by Crippen LogP contribution is -2.42. The van der Waals surface area contributed by atoms with Crippen molar-refractivity contribution in [1.82, 2.24) is 24.6 Å². The van der Waals surface area contributed by atoms with E-state index in [0.29, 0.717) is 19.4 Å². The molecule has 1 aliphatic heterocycles. The first-order valence-corrected chi connectivity index (χ1v) is 10.3. The Labute approximate surface area is 181 Å². The van der Waals surface area contributed by atoms with Gasteiger partial charge in [0.05, 0.1) is 16.6 Å². The molecule has 0 aliphatic carbocycles. The van der Waals surface area contributed by atoms with Crippen LogP contribution in [0.1, 0.15) is 55.5 Å². The Kier molecular flexibility index (Phi) is 5.74. The molecule has 1 aliphatic rings. The summed E-state index contributed by atoms with van der Waals surface area (Å²) in [6.45, 7) is 3.94. The van der Waals surface area contributed by atoms with Crippen molar-refractivity contribution in [3.8, 4) is 0 Å². The minimum Gasteiger partial charge on any atom is -0.340 e. The first-order valence-electron chi connectivity index (χ1n) is 10.3. The van der Waals surface area contributed by atoms with Crippen molar-refractivity contribution in [3.05, 3.63) is 52.0 Å². The van der Waals surface area contributed by atoms with Crippen LogP contribution in [-0.2, 0) is 17.5 Å². The second-order valence-corrected chi connectivity index (χ2v) is 8.20. The number of rotatable bonds is 4. The molecule has 3 aromatic heterocycles. The minimum absolute atomic E-state index is 0.148. The van der Waals surface area contributed by atoms with Gasteiger partial charge in [-0.25, -0.2) is 14.8 Å². The SMILES string of the molecule is CC(C)c1cc(C(F)(F)F)c2c([C@H]3CCCN(C(=O)Cn4cccnc4=O)C3)noc2n1. The molecule has 0 aromatic carbocycles. The molecule has 4 heterocycles. The average Bonchev–Trinajstić information content (AvgIpc) is 3.18. The number of piperidine rings is 1. The number of fused-ring (bicyclic) bond motifs is 1. The number of pyridine rings is 1. The third-order valence-electron chi connectivity index (χ3n) is 5.64. The Bertz CT molecular complexity index is 1200. The van der Waals surface area contributed by atoms with Crippen LogP contribution in [0.25, 0.3) is 11.1 Å². The second kappa shape index (κ2) is 8.36. The number of hydrogen-bond acceptors (Lipinski definition) is 6. The molecule has 3 aromatic rings. The number of carbonyl (C=O) groups excluding carboxylic acids is 1. The molecule has 8 nitrogen and oxygen atoms in total. The molecule has 0 radical (unpaired) electrons. The zero-order valence-corrected chi connectivity index (χ0v) is 17.6. The summed E-state index contributed by atoms with van der Waals surface area (Å²) in [5, 5.41) is 3.80. The van der Waals surface area contributed by atoms with E-state index in [-0.39, 0.29) is 47.4 Å². The third-order valence-corrected chi connectivity index (χ3v) is 5.64. The van der Waals surface area contributed by atoms with Crippen LogP contribution in [0.3, 0.4) is 0 Å². The quantitative estimate of drug-likeness (QED) is 0.607. The Morgan fingerprint density at radius 3 is 2.81 bits per heavy atom. The van der Waals surface area contributed by atoms with Crippen molar-refractivity contribution >= 4 is 17.0 Å². The fourth-order valence-electron chi connectivity index (χ4n) is 3.97. The predicted octanol–water partition coefficient (Wildman–Crippen LogP) is 3.33. The average molecular weight is 449 g/mol. The predicted molar refractivity (Wildman–Crippen MR) is 108 cm³/mol. The summed E-state index contributed by atoms with van der Waals surface area (Å²) in [4.78, 5) is 33.9. The van der Waals surface area contributed by atoms with Gasteiger partial charge in [-0.1, -0.05) is 19.0 Å². The highest BCUT2D eigenvalue weighted by Gasteiger charge is 2.38. The largest absolute Gasteiger partial charge is 0.417 e. The van der Waals surface area contributed by atoms with Crippen LogP contribution < -0.4 is 5.69 Å². The van der Waals surface area contributed by atoms with Crippen molar-refractivity contribution in [2.45, 2.75) is 51.2 Å². The molecule has 1 saturated heterocycles. The first-order chi connectivity index (χ1) is 15.1. The van der Waals surface area contributed by atoms with Gasteiger partial charge in [0.1, 0.15) is 6.54 Å². The van der Waals surface area contributed by atoms with E-state index in [9.17, 15) is 22.8 Å². The number of hydrogen-bond donors (Lipinski definition) is 0. The van der Waals surface area contributed by atoms with E-state index in [1.807, 2.05) is 0 Å². The number of carbonyl (C=O) groups is 1. The molecule has 4 rings (SSSR count). The molecule has 1 amide bonds. The van der Waals surface area contributed by atoms with Crippen molar-refractivity contribution in [2.24, 2.45) is 0 Å². The Morgan fingerprint density at radius 2 is 2.12 bits per heavy atom. The van der Waals surface area contributed by atoms with Crippen molar-refractivity contribution in [3.63, 3.8) is 0 Å². The summed E-state index contributed by atoms with van der Waals surface area (Å²) in [6.07, 6.45) is -0.649. The summed E-state index contributed by atoms with van der Waals surface area (Å²) in [5.74, 6) is -0.964. The van der Waals surface area contributed by atoms with Gasteiger partial charge in [0.2, 0.25) is 5.91 Å². The van der Waals surface area contributed by atoms with E-state index >= 15 is 0 Å². The Morgan fingerprint density at radius 1 is 1.34 bits per heavy atom. The zero-order chi connectivity index (χ0) is 23.0. The fourth-order valence-corrected chi connectivity index (χ4v) is 3.97. The van der Waals surface area contributed by atoms with Gasteiger partial charge in [-0.15, -0.1) is 0 Å². The number of aromatic nitrogens is 4. The van der Waals surface area contributed by atoms with Crippen LogP contribution in [0.5, 0.6) is 0 Å². The van der Waals surface area contributed by atoms with E-state index in [1.165, 1.54) is 21.9 Å². The van der Waals surface area contributed by atoms with Crippen LogP contribution >= 0.6 is 0 Å². The van der Waals surface area contributed by atoms with Gasteiger partial charge >= 0.3 is 11.9 Å². The normalized spacial score (nSPS) is 17.3. The molecule has 170 valence electrons. The molecule has 0 spiro atoms.